The van der Waals surface area contributed by atoms with Gasteiger partial charge >= 0.3 is 7.91 Å². The highest BCUT2D eigenvalue weighted by Gasteiger charge is 2.24. The van der Waals surface area contributed by atoms with Crippen LogP contribution in [0.3, 0.4) is 0 Å². The standard InChI is InChI=1S/C15H16FO3P/c1-3-18-20(16,17)19-15-9-7-13(8-10-15)14-6-4-5-12(2)11-14/h4-11H,3H2,1-2H3. The van der Waals surface area contributed by atoms with E-state index in [1.807, 2.05) is 25.1 Å². The molecule has 3 nitrogen and oxygen atoms in total. The van der Waals surface area contributed by atoms with Crippen LogP contribution < -0.4 is 4.52 Å². The van der Waals surface area contributed by atoms with Crippen LogP contribution in [0.1, 0.15) is 12.5 Å². The topological polar surface area (TPSA) is 35.5 Å². The zero-order chi connectivity index (χ0) is 14.6. The molecule has 20 heavy (non-hydrogen) atoms. The molecule has 0 N–H and O–H groups in total. The van der Waals surface area contributed by atoms with Crippen molar-refractivity contribution in [3.05, 3.63) is 54.1 Å². The molecule has 0 radical (unpaired) electrons. The molecular weight excluding hydrogens is 278 g/mol. The Kier molecular flexibility index (Phi) is 4.58. The summed E-state index contributed by atoms with van der Waals surface area (Å²) < 4.78 is 33.8. The number of hydrogen-bond acceptors (Lipinski definition) is 3. The summed E-state index contributed by atoms with van der Waals surface area (Å²) in [6.45, 7) is 3.56. The quantitative estimate of drug-likeness (QED) is 0.715. The molecule has 0 aliphatic heterocycles. The molecule has 2 aromatic rings. The lowest BCUT2D eigenvalue weighted by molar-refractivity contribution is 0.244. The van der Waals surface area contributed by atoms with E-state index in [9.17, 15) is 8.76 Å². The Morgan fingerprint density at radius 1 is 1.10 bits per heavy atom. The van der Waals surface area contributed by atoms with E-state index in [1.165, 1.54) is 0 Å². The average Bonchev–Trinajstić information content (AvgIpc) is 2.39. The van der Waals surface area contributed by atoms with Crippen molar-refractivity contribution in [2.45, 2.75) is 13.8 Å². The number of rotatable bonds is 5. The summed E-state index contributed by atoms with van der Waals surface area (Å²) in [6, 6.07) is 14.7. The first kappa shape index (κ1) is 14.8. The second kappa shape index (κ2) is 6.21. The van der Waals surface area contributed by atoms with Crippen LogP contribution >= 0.6 is 7.91 Å². The van der Waals surface area contributed by atoms with Gasteiger partial charge in [-0.15, -0.1) is 4.20 Å². The molecule has 0 saturated heterocycles. The predicted octanol–water partition coefficient (Wildman–Crippen LogP) is 5.15. The fraction of sp³-hybridized carbons (Fsp3) is 0.200. The Bertz CT molecular complexity index is 625. The van der Waals surface area contributed by atoms with Gasteiger partial charge in [0.05, 0.1) is 6.61 Å². The molecule has 1 unspecified atom stereocenters. The Morgan fingerprint density at radius 2 is 1.80 bits per heavy atom. The van der Waals surface area contributed by atoms with Gasteiger partial charge in [0.25, 0.3) is 0 Å². The predicted molar refractivity (Wildman–Crippen MR) is 77.6 cm³/mol. The molecule has 5 heteroatoms. The number of halogens is 1. The SMILES string of the molecule is CCOP(=O)(F)Oc1ccc(-c2cccc(C)c2)cc1. The normalized spacial score (nSPS) is 13.8. The molecule has 0 aliphatic rings. The molecule has 0 heterocycles. The zero-order valence-corrected chi connectivity index (χ0v) is 12.3. The van der Waals surface area contributed by atoms with Crippen molar-refractivity contribution >= 4 is 7.91 Å². The molecule has 0 spiro atoms. The minimum absolute atomic E-state index is 0.00481. The highest BCUT2D eigenvalue weighted by Crippen LogP contribution is 2.49. The smallest absolute Gasteiger partial charge is 0.401 e. The zero-order valence-electron chi connectivity index (χ0n) is 11.4. The van der Waals surface area contributed by atoms with E-state index in [0.717, 1.165) is 16.7 Å². The molecule has 0 aliphatic carbocycles. The molecule has 2 aromatic carbocycles. The van der Waals surface area contributed by atoms with Crippen LogP contribution in [-0.2, 0) is 9.09 Å². The van der Waals surface area contributed by atoms with Crippen LogP contribution in [0, 0.1) is 6.92 Å². The molecule has 0 amide bonds. The van der Waals surface area contributed by atoms with E-state index < -0.39 is 7.91 Å². The van der Waals surface area contributed by atoms with E-state index in [-0.39, 0.29) is 12.4 Å². The van der Waals surface area contributed by atoms with Crippen molar-refractivity contribution in [3.8, 4) is 16.9 Å². The largest absolute Gasteiger partial charge is 0.569 e. The lowest BCUT2D eigenvalue weighted by atomic mass is 10.0. The lowest BCUT2D eigenvalue weighted by Gasteiger charge is -2.10. The van der Waals surface area contributed by atoms with Gasteiger partial charge in [0, 0.05) is 0 Å². The highest BCUT2D eigenvalue weighted by atomic mass is 31.2. The molecule has 106 valence electrons. The van der Waals surface area contributed by atoms with Crippen LogP contribution in [0.4, 0.5) is 4.20 Å². The van der Waals surface area contributed by atoms with Crippen LogP contribution in [0.2, 0.25) is 0 Å². The Morgan fingerprint density at radius 3 is 2.40 bits per heavy atom. The summed E-state index contributed by atoms with van der Waals surface area (Å²) in [5.74, 6) is 0.181. The van der Waals surface area contributed by atoms with Gasteiger partial charge < -0.3 is 4.52 Å². The summed E-state index contributed by atoms with van der Waals surface area (Å²) in [5.41, 5.74) is 3.20. The highest BCUT2D eigenvalue weighted by molar-refractivity contribution is 7.48. The van der Waals surface area contributed by atoms with E-state index >= 15 is 0 Å². The molecule has 0 fully saturated rings. The third kappa shape index (κ3) is 3.92. The maximum atomic E-state index is 13.4. The van der Waals surface area contributed by atoms with Crippen LogP contribution in [0.15, 0.2) is 48.5 Å². The van der Waals surface area contributed by atoms with Crippen molar-refractivity contribution in [1.82, 2.24) is 0 Å². The van der Waals surface area contributed by atoms with Gasteiger partial charge in [-0.1, -0.05) is 42.0 Å². The Hall–Kier alpha value is -1.64. The van der Waals surface area contributed by atoms with Gasteiger partial charge in [0.2, 0.25) is 0 Å². The van der Waals surface area contributed by atoms with E-state index in [2.05, 4.69) is 10.6 Å². The van der Waals surface area contributed by atoms with Crippen molar-refractivity contribution < 1.29 is 17.8 Å². The lowest BCUT2D eigenvalue weighted by Crippen LogP contribution is -1.93. The second-order valence-corrected chi connectivity index (χ2v) is 5.64. The maximum absolute atomic E-state index is 13.4. The monoisotopic (exact) mass is 294 g/mol. The maximum Gasteiger partial charge on any atom is 0.569 e. The van der Waals surface area contributed by atoms with E-state index in [1.54, 1.807) is 31.2 Å². The number of benzene rings is 2. The third-order valence-electron chi connectivity index (χ3n) is 2.70. The fourth-order valence-electron chi connectivity index (χ4n) is 1.84. The van der Waals surface area contributed by atoms with Gasteiger partial charge in [0.1, 0.15) is 5.75 Å². The first-order chi connectivity index (χ1) is 9.50. The number of hydrogen-bond donors (Lipinski definition) is 0. The van der Waals surface area contributed by atoms with Crippen LogP contribution in [0.5, 0.6) is 5.75 Å². The van der Waals surface area contributed by atoms with Gasteiger partial charge in [-0.3, -0.25) is 4.52 Å². The molecule has 0 saturated carbocycles. The second-order valence-electron chi connectivity index (χ2n) is 4.33. The van der Waals surface area contributed by atoms with Crippen molar-refractivity contribution in [2.75, 3.05) is 6.61 Å². The Labute approximate surface area is 118 Å². The van der Waals surface area contributed by atoms with Crippen molar-refractivity contribution in [3.63, 3.8) is 0 Å². The summed E-state index contributed by atoms with van der Waals surface area (Å²) in [4.78, 5) is 0. The molecule has 1 atom stereocenters. The van der Waals surface area contributed by atoms with Crippen molar-refractivity contribution in [1.29, 1.82) is 0 Å². The number of aryl methyl sites for hydroxylation is 1. The summed E-state index contributed by atoms with van der Waals surface area (Å²) in [5, 5.41) is 0. The first-order valence-electron chi connectivity index (χ1n) is 6.31. The van der Waals surface area contributed by atoms with Gasteiger partial charge in [0.15, 0.2) is 0 Å². The molecular formula is C15H16FO3P. The summed E-state index contributed by atoms with van der Waals surface area (Å²) in [6.07, 6.45) is 0. The molecule has 0 bridgehead atoms. The summed E-state index contributed by atoms with van der Waals surface area (Å²) >= 11 is 0. The minimum atomic E-state index is -4.51. The van der Waals surface area contributed by atoms with Gasteiger partial charge in [-0.05, 0) is 37.1 Å². The molecule has 0 aromatic heterocycles. The van der Waals surface area contributed by atoms with Crippen LogP contribution in [-0.4, -0.2) is 6.61 Å². The minimum Gasteiger partial charge on any atom is -0.401 e. The van der Waals surface area contributed by atoms with Crippen molar-refractivity contribution in [2.24, 2.45) is 0 Å². The average molecular weight is 294 g/mol. The first-order valence-corrected chi connectivity index (χ1v) is 7.74. The van der Waals surface area contributed by atoms with Gasteiger partial charge in [-0.25, -0.2) is 4.57 Å². The van der Waals surface area contributed by atoms with E-state index in [4.69, 9.17) is 4.52 Å². The van der Waals surface area contributed by atoms with Crippen LogP contribution in [0.25, 0.3) is 11.1 Å². The van der Waals surface area contributed by atoms with Gasteiger partial charge in [-0.2, -0.15) is 0 Å². The third-order valence-corrected chi connectivity index (χ3v) is 3.70. The molecule has 2 rings (SSSR count). The van der Waals surface area contributed by atoms with E-state index in [0.29, 0.717) is 0 Å². The summed E-state index contributed by atoms with van der Waals surface area (Å²) in [7, 11) is -4.51. The Balaban J connectivity index is 2.16. The fourth-order valence-corrected chi connectivity index (χ4v) is 2.57.